The van der Waals surface area contributed by atoms with Gasteiger partial charge in [-0.2, -0.15) is 17.6 Å². The van der Waals surface area contributed by atoms with Crippen molar-refractivity contribution >= 4 is 0 Å². The Morgan fingerprint density at radius 2 is 1.60 bits per heavy atom. The molecule has 0 aliphatic heterocycles. The summed E-state index contributed by atoms with van der Waals surface area (Å²) in [6.07, 6.45) is 0.673. The van der Waals surface area contributed by atoms with E-state index in [9.17, 15) is 26.3 Å². The Kier molecular flexibility index (Phi) is 4.30. The molecule has 0 atom stereocenters. The summed E-state index contributed by atoms with van der Waals surface area (Å²) in [4.78, 5) is 0. The molecular formula is C7H5F6OY-. The number of allylic oxidation sites excluding steroid dienone is 2. The third-order valence-corrected chi connectivity index (χ3v) is 1.63. The van der Waals surface area contributed by atoms with Gasteiger partial charge in [0.1, 0.15) is 0 Å². The molecule has 1 aliphatic rings. The maximum absolute atomic E-state index is 12.6. The first-order chi connectivity index (χ1) is 6.17. The van der Waals surface area contributed by atoms with E-state index in [1.807, 2.05) is 0 Å². The van der Waals surface area contributed by atoms with Crippen LogP contribution in [0.4, 0.5) is 26.3 Å². The summed E-state index contributed by atoms with van der Waals surface area (Å²) in [5, 5.41) is 0. The Morgan fingerprint density at radius 3 is 1.87 bits per heavy atom. The number of ether oxygens (including phenoxy) is 1. The minimum absolute atomic E-state index is 0. The van der Waals surface area contributed by atoms with Crippen molar-refractivity contribution < 1.29 is 63.8 Å². The SMILES string of the molecule is CCOC1=[C-]C(F)(F)C(F)(F)C1(F)F.[Y]. The Bertz CT molecular complexity index is 275. The molecule has 8 heteroatoms. The molecule has 0 saturated heterocycles. The fourth-order valence-corrected chi connectivity index (χ4v) is 0.910. The summed E-state index contributed by atoms with van der Waals surface area (Å²) in [6, 6.07) is 0. The average Bonchev–Trinajstić information content (AvgIpc) is 2.11. The van der Waals surface area contributed by atoms with Crippen molar-refractivity contribution in [3.63, 3.8) is 0 Å². The van der Waals surface area contributed by atoms with E-state index in [-0.39, 0.29) is 32.7 Å². The van der Waals surface area contributed by atoms with Crippen LogP contribution in [-0.2, 0) is 37.4 Å². The molecular weight excluding hydrogens is 303 g/mol. The zero-order chi connectivity index (χ0) is 11.2. The first-order valence-electron chi connectivity index (χ1n) is 3.58. The first kappa shape index (κ1) is 15.2. The molecule has 0 aromatic carbocycles. The van der Waals surface area contributed by atoms with Gasteiger partial charge in [0.15, 0.2) is 5.92 Å². The molecule has 0 N–H and O–H groups in total. The summed E-state index contributed by atoms with van der Waals surface area (Å²) in [5.74, 6) is -17.3. The Labute approximate surface area is 107 Å². The van der Waals surface area contributed by atoms with E-state index in [0.29, 0.717) is 6.08 Å². The van der Waals surface area contributed by atoms with Gasteiger partial charge in [0.25, 0.3) is 0 Å². The van der Waals surface area contributed by atoms with Gasteiger partial charge in [-0.3, -0.25) is 0 Å². The predicted molar refractivity (Wildman–Crippen MR) is 33.2 cm³/mol. The van der Waals surface area contributed by atoms with Crippen LogP contribution in [0.5, 0.6) is 0 Å². The fraction of sp³-hybridized carbons (Fsp3) is 0.714. The third-order valence-electron chi connectivity index (χ3n) is 1.63. The second-order valence-electron chi connectivity index (χ2n) is 2.61. The van der Waals surface area contributed by atoms with E-state index in [4.69, 9.17) is 0 Å². The molecule has 1 rings (SSSR count). The predicted octanol–water partition coefficient (Wildman–Crippen LogP) is 2.63. The molecule has 0 aromatic heterocycles. The van der Waals surface area contributed by atoms with Gasteiger partial charge >= 0.3 is 11.8 Å². The van der Waals surface area contributed by atoms with Gasteiger partial charge in [0.2, 0.25) is 0 Å². The molecule has 0 amide bonds. The van der Waals surface area contributed by atoms with E-state index in [0.717, 1.165) is 0 Å². The van der Waals surface area contributed by atoms with E-state index >= 15 is 0 Å². The van der Waals surface area contributed by atoms with Crippen LogP contribution in [0.25, 0.3) is 0 Å². The zero-order valence-corrected chi connectivity index (χ0v) is 10.3. The van der Waals surface area contributed by atoms with Gasteiger partial charge in [-0.25, -0.2) is 8.78 Å². The minimum atomic E-state index is -5.48. The van der Waals surface area contributed by atoms with Gasteiger partial charge in [-0.1, -0.05) is 0 Å². The van der Waals surface area contributed by atoms with Crippen molar-refractivity contribution in [3.05, 3.63) is 11.8 Å². The van der Waals surface area contributed by atoms with E-state index < -0.39 is 30.1 Å². The molecule has 85 valence electrons. The smallest absolute Gasteiger partial charge is 0.348 e. The summed E-state index contributed by atoms with van der Waals surface area (Å²) >= 11 is 0. The van der Waals surface area contributed by atoms with Crippen LogP contribution in [0.3, 0.4) is 0 Å². The van der Waals surface area contributed by atoms with E-state index in [2.05, 4.69) is 4.74 Å². The zero-order valence-electron chi connectivity index (χ0n) is 7.46. The Hall–Kier alpha value is 0.224. The molecule has 0 unspecified atom stereocenters. The second kappa shape index (κ2) is 4.24. The van der Waals surface area contributed by atoms with Crippen LogP contribution in [0.1, 0.15) is 6.92 Å². The molecule has 0 fully saturated rings. The molecule has 0 bridgehead atoms. The van der Waals surface area contributed by atoms with Gasteiger partial charge in [0.05, 0.1) is 6.61 Å². The molecule has 1 nitrogen and oxygen atoms in total. The third kappa shape index (κ3) is 2.05. The van der Waals surface area contributed by atoms with Crippen molar-refractivity contribution in [3.8, 4) is 0 Å². The second-order valence-corrected chi connectivity index (χ2v) is 2.61. The normalized spacial score (nSPS) is 25.4. The molecule has 0 aromatic rings. The summed E-state index contributed by atoms with van der Waals surface area (Å²) in [7, 11) is 0. The number of rotatable bonds is 2. The van der Waals surface area contributed by atoms with Crippen LogP contribution in [0.2, 0.25) is 0 Å². The minimum Gasteiger partial charge on any atom is -0.529 e. The van der Waals surface area contributed by atoms with Crippen LogP contribution < -0.4 is 0 Å². The van der Waals surface area contributed by atoms with Crippen molar-refractivity contribution in [2.45, 2.75) is 24.7 Å². The number of hydrogen-bond donors (Lipinski definition) is 0. The van der Waals surface area contributed by atoms with E-state index in [1.54, 1.807) is 0 Å². The maximum atomic E-state index is 12.6. The molecule has 0 heterocycles. The maximum Gasteiger partial charge on any atom is 0.348 e. The van der Waals surface area contributed by atoms with Crippen LogP contribution in [0, 0.1) is 6.08 Å². The summed E-state index contributed by atoms with van der Waals surface area (Å²) in [6.45, 7) is 0.795. The summed E-state index contributed by atoms with van der Waals surface area (Å²) in [5.41, 5.74) is 0. The molecule has 0 spiro atoms. The van der Waals surface area contributed by atoms with Gasteiger partial charge < -0.3 is 10.8 Å². The fourth-order valence-electron chi connectivity index (χ4n) is 0.910. The average molecular weight is 308 g/mol. The van der Waals surface area contributed by atoms with Gasteiger partial charge in [0, 0.05) is 32.7 Å². The first-order valence-corrected chi connectivity index (χ1v) is 3.58. The van der Waals surface area contributed by atoms with Crippen molar-refractivity contribution in [2.24, 2.45) is 0 Å². The summed E-state index contributed by atoms with van der Waals surface area (Å²) < 4.78 is 78.7. The van der Waals surface area contributed by atoms with Crippen molar-refractivity contribution in [1.29, 1.82) is 0 Å². The van der Waals surface area contributed by atoms with Crippen LogP contribution in [-0.4, -0.2) is 24.4 Å². The number of hydrogen-bond acceptors (Lipinski definition) is 1. The monoisotopic (exact) mass is 308 g/mol. The molecule has 1 radical (unpaired) electrons. The Balaban J connectivity index is 0.00000196. The van der Waals surface area contributed by atoms with Gasteiger partial charge in [-0.15, -0.1) is 0 Å². The van der Waals surface area contributed by atoms with Crippen molar-refractivity contribution in [2.75, 3.05) is 6.61 Å². The number of alkyl halides is 6. The Morgan fingerprint density at radius 1 is 1.13 bits per heavy atom. The van der Waals surface area contributed by atoms with E-state index in [1.165, 1.54) is 6.92 Å². The van der Waals surface area contributed by atoms with Crippen LogP contribution >= 0.6 is 0 Å². The standard InChI is InChI=1S/C7H5F6O.Y/c1-2-14-4-3-5(8,9)7(12,13)6(4,10)11;/h2H2,1H3;/q-1;. The quantitative estimate of drug-likeness (QED) is 0.563. The van der Waals surface area contributed by atoms with Crippen LogP contribution in [0.15, 0.2) is 5.76 Å². The van der Waals surface area contributed by atoms with Crippen molar-refractivity contribution in [1.82, 2.24) is 0 Å². The molecule has 0 saturated carbocycles. The largest absolute Gasteiger partial charge is 0.529 e. The number of halogens is 6. The molecule has 15 heavy (non-hydrogen) atoms. The molecule has 1 aliphatic carbocycles. The van der Waals surface area contributed by atoms with Gasteiger partial charge in [-0.05, 0) is 12.7 Å². The topological polar surface area (TPSA) is 9.23 Å².